The molecular weight excluding hydrogens is 222 g/mol. The monoisotopic (exact) mass is 245 g/mol. The molecule has 98 valence electrons. The normalized spacial score (nSPS) is 19.5. The molecule has 1 amide bonds. The van der Waals surface area contributed by atoms with Crippen molar-refractivity contribution in [2.75, 3.05) is 6.54 Å². The molecule has 1 fully saturated rings. The Balaban J connectivity index is 2.09. The van der Waals surface area contributed by atoms with Gasteiger partial charge in [0.15, 0.2) is 0 Å². The van der Waals surface area contributed by atoms with Crippen molar-refractivity contribution >= 4 is 5.91 Å². The van der Waals surface area contributed by atoms with Crippen molar-refractivity contribution in [3.8, 4) is 0 Å². The van der Waals surface area contributed by atoms with Crippen LogP contribution >= 0.6 is 0 Å². The van der Waals surface area contributed by atoms with Gasteiger partial charge in [0.25, 0.3) is 5.91 Å². The Kier molecular flexibility index (Phi) is 3.74. The first-order valence-corrected chi connectivity index (χ1v) is 6.92. The quantitative estimate of drug-likeness (QED) is 0.791. The minimum Gasteiger partial charge on any atom is -0.335 e. The average molecular weight is 245 g/mol. The predicted molar refractivity (Wildman–Crippen MR) is 74.6 cm³/mol. The summed E-state index contributed by atoms with van der Waals surface area (Å²) in [6, 6.07) is 10.0. The fourth-order valence-corrected chi connectivity index (χ4v) is 3.00. The van der Waals surface area contributed by atoms with Crippen LogP contribution in [-0.4, -0.2) is 23.4 Å². The topological polar surface area (TPSA) is 20.3 Å². The van der Waals surface area contributed by atoms with E-state index in [0.29, 0.717) is 6.04 Å². The van der Waals surface area contributed by atoms with Gasteiger partial charge in [0.2, 0.25) is 0 Å². The Bertz CT molecular complexity index is 410. The molecule has 0 saturated carbocycles. The number of carbonyl (C=O) groups excluding carboxylic acids is 1. The van der Waals surface area contributed by atoms with Crippen LogP contribution in [0.1, 0.15) is 50.4 Å². The number of nitrogens with zero attached hydrogens (tertiary/aromatic N) is 1. The van der Waals surface area contributed by atoms with E-state index in [0.717, 1.165) is 18.5 Å². The van der Waals surface area contributed by atoms with Crippen LogP contribution in [0.5, 0.6) is 0 Å². The minimum atomic E-state index is 0.191. The molecule has 1 aliphatic rings. The Morgan fingerprint density at radius 3 is 2.50 bits per heavy atom. The molecule has 18 heavy (non-hydrogen) atoms. The zero-order valence-electron chi connectivity index (χ0n) is 11.6. The summed E-state index contributed by atoms with van der Waals surface area (Å²) in [5, 5.41) is 0. The van der Waals surface area contributed by atoms with Crippen LogP contribution in [0, 0.1) is 5.41 Å². The Labute approximate surface area is 110 Å². The number of benzene rings is 1. The van der Waals surface area contributed by atoms with Crippen LogP contribution in [0.3, 0.4) is 0 Å². The second-order valence-electron chi connectivity index (χ2n) is 5.91. The lowest BCUT2D eigenvalue weighted by atomic mass is 9.74. The number of amides is 1. The third-order valence-electron chi connectivity index (χ3n) is 4.10. The Hall–Kier alpha value is -1.31. The van der Waals surface area contributed by atoms with Gasteiger partial charge in [0, 0.05) is 18.2 Å². The number of carbonyl (C=O) groups is 1. The van der Waals surface area contributed by atoms with Gasteiger partial charge in [-0.3, -0.25) is 4.79 Å². The van der Waals surface area contributed by atoms with Crippen LogP contribution in [0.4, 0.5) is 0 Å². The molecule has 0 aromatic heterocycles. The average Bonchev–Trinajstić information content (AvgIpc) is 2.27. The maximum Gasteiger partial charge on any atom is 0.254 e. The summed E-state index contributed by atoms with van der Waals surface area (Å²) in [5.74, 6) is 0.191. The van der Waals surface area contributed by atoms with Crippen molar-refractivity contribution in [2.24, 2.45) is 5.41 Å². The molecule has 1 aromatic rings. The fourth-order valence-electron chi connectivity index (χ4n) is 3.00. The van der Waals surface area contributed by atoms with Crippen LogP contribution < -0.4 is 0 Å². The molecule has 2 rings (SSSR count). The summed E-state index contributed by atoms with van der Waals surface area (Å²) in [7, 11) is 0. The SMILES string of the molecule is CCCC(C)(C)C1CCN1C(=O)c1ccccc1. The molecule has 1 saturated heterocycles. The number of hydrogen-bond donors (Lipinski definition) is 0. The lowest BCUT2D eigenvalue weighted by Crippen LogP contribution is -2.57. The van der Waals surface area contributed by atoms with E-state index in [1.54, 1.807) is 0 Å². The van der Waals surface area contributed by atoms with E-state index in [9.17, 15) is 4.79 Å². The fraction of sp³-hybridized carbons (Fsp3) is 0.562. The van der Waals surface area contributed by atoms with Gasteiger partial charge in [-0.05, 0) is 30.4 Å². The molecule has 0 bridgehead atoms. The lowest BCUT2D eigenvalue weighted by molar-refractivity contribution is 0.00390. The van der Waals surface area contributed by atoms with E-state index < -0.39 is 0 Å². The molecule has 0 N–H and O–H groups in total. The highest BCUT2D eigenvalue weighted by atomic mass is 16.2. The first-order valence-electron chi connectivity index (χ1n) is 6.92. The van der Waals surface area contributed by atoms with Crippen molar-refractivity contribution in [1.29, 1.82) is 0 Å². The Morgan fingerprint density at radius 1 is 1.33 bits per heavy atom. The summed E-state index contributed by atoms with van der Waals surface area (Å²) in [4.78, 5) is 14.5. The van der Waals surface area contributed by atoms with Crippen molar-refractivity contribution in [2.45, 2.75) is 46.1 Å². The van der Waals surface area contributed by atoms with Gasteiger partial charge >= 0.3 is 0 Å². The van der Waals surface area contributed by atoms with E-state index >= 15 is 0 Å². The van der Waals surface area contributed by atoms with E-state index in [2.05, 4.69) is 20.8 Å². The number of hydrogen-bond acceptors (Lipinski definition) is 1. The van der Waals surface area contributed by atoms with Gasteiger partial charge in [-0.1, -0.05) is 45.4 Å². The second kappa shape index (κ2) is 5.13. The van der Waals surface area contributed by atoms with Gasteiger partial charge in [0.05, 0.1) is 0 Å². The molecule has 1 aliphatic heterocycles. The standard InChI is InChI=1S/C16H23NO/c1-4-11-16(2,3)14-10-12-17(14)15(18)13-8-6-5-7-9-13/h5-9,14H,4,10-12H2,1-3H3. The minimum absolute atomic E-state index is 0.191. The molecule has 0 spiro atoms. The zero-order valence-corrected chi connectivity index (χ0v) is 11.6. The number of rotatable bonds is 4. The molecule has 0 radical (unpaired) electrons. The predicted octanol–water partition coefficient (Wildman–Crippen LogP) is 3.73. The molecule has 1 aromatic carbocycles. The third kappa shape index (κ3) is 2.43. The number of likely N-dealkylation sites (tertiary alicyclic amines) is 1. The second-order valence-corrected chi connectivity index (χ2v) is 5.91. The van der Waals surface area contributed by atoms with E-state index in [1.807, 2.05) is 35.2 Å². The maximum atomic E-state index is 12.4. The van der Waals surface area contributed by atoms with Crippen molar-refractivity contribution in [1.82, 2.24) is 4.90 Å². The van der Waals surface area contributed by atoms with Gasteiger partial charge in [-0.25, -0.2) is 0 Å². The van der Waals surface area contributed by atoms with E-state index in [1.165, 1.54) is 12.8 Å². The largest absolute Gasteiger partial charge is 0.335 e. The van der Waals surface area contributed by atoms with Crippen LogP contribution in [0.25, 0.3) is 0 Å². The third-order valence-corrected chi connectivity index (χ3v) is 4.10. The molecule has 2 heteroatoms. The summed E-state index contributed by atoms with van der Waals surface area (Å²) in [5.41, 5.74) is 1.05. The van der Waals surface area contributed by atoms with Crippen LogP contribution in [-0.2, 0) is 0 Å². The highest BCUT2D eigenvalue weighted by Gasteiger charge is 2.42. The summed E-state index contributed by atoms with van der Waals surface area (Å²) >= 11 is 0. The van der Waals surface area contributed by atoms with Crippen LogP contribution in [0.15, 0.2) is 30.3 Å². The summed E-state index contributed by atoms with van der Waals surface area (Å²) < 4.78 is 0. The zero-order chi connectivity index (χ0) is 13.2. The Morgan fingerprint density at radius 2 is 2.00 bits per heavy atom. The smallest absolute Gasteiger partial charge is 0.254 e. The molecule has 0 aliphatic carbocycles. The summed E-state index contributed by atoms with van der Waals surface area (Å²) in [6.07, 6.45) is 3.50. The van der Waals surface area contributed by atoms with Gasteiger partial charge in [0.1, 0.15) is 0 Å². The molecular formula is C16H23NO. The maximum absolute atomic E-state index is 12.4. The molecule has 1 unspecified atom stereocenters. The van der Waals surface area contributed by atoms with Gasteiger partial charge in [-0.2, -0.15) is 0 Å². The first kappa shape index (κ1) is 13.1. The van der Waals surface area contributed by atoms with Crippen molar-refractivity contribution in [3.05, 3.63) is 35.9 Å². The highest BCUT2D eigenvalue weighted by Crippen LogP contribution is 2.38. The van der Waals surface area contributed by atoms with Crippen LogP contribution in [0.2, 0.25) is 0 Å². The highest BCUT2D eigenvalue weighted by molar-refractivity contribution is 5.94. The van der Waals surface area contributed by atoms with Gasteiger partial charge in [-0.15, -0.1) is 0 Å². The molecule has 2 nitrogen and oxygen atoms in total. The summed E-state index contributed by atoms with van der Waals surface area (Å²) in [6.45, 7) is 7.69. The van der Waals surface area contributed by atoms with Crippen molar-refractivity contribution in [3.63, 3.8) is 0 Å². The van der Waals surface area contributed by atoms with Crippen molar-refractivity contribution < 1.29 is 4.79 Å². The molecule has 1 heterocycles. The first-order chi connectivity index (χ1) is 8.56. The van der Waals surface area contributed by atoms with E-state index in [4.69, 9.17) is 0 Å². The van der Waals surface area contributed by atoms with Gasteiger partial charge < -0.3 is 4.90 Å². The molecule has 1 atom stereocenters. The lowest BCUT2D eigenvalue weighted by Gasteiger charge is -2.50. The van der Waals surface area contributed by atoms with E-state index in [-0.39, 0.29) is 11.3 Å².